The molecule has 0 rings (SSSR count). The van der Waals surface area contributed by atoms with Crippen LogP contribution in [0.4, 0.5) is 0 Å². The third-order valence-corrected chi connectivity index (χ3v) is 9.14. The standard InChI is InChI=1S/C45H81NO8/c1-6-8-10-12-14-16-17-18-19-20-21-22-23-24-25-26-27-28-30-32-34-36-43(48)54-41(40-53-45(44(49)50)51-38-37-46(3,4)5)39-52-42(47)35-33-31-29-15-13-11-9-7-2/h17-18,20-21,23-24,41,45H,6-16,19,22,25-40H2,1-5H3/b18-17-,21-20-,24-23-. The van der Waals surface area contributed by atoms with Crippen LogP contribution in [0.15, 0.2) is 36.5 Å². The second kappa shape index (κ2) is 37.4. The molecule has 0 heterocycles. The summed E-state index contributed by atoms with van der Waals surface area (Å²) in [5.74, 6) is -2.31. The molecule has 0 saturated carbocycles. The number of esters is 2. The fourth-order valence-corrected chi connectivity index (χ4v) is 5.72. The highest BCUT2D eigenvalue weighted by Crippen LogP contribution is 2.13. The number of ether oxygens (including phenoxy) is 4. The number of allylic oxidation sites excluding steroid dienone is 6. The summed E-state index contributed by atoms with van der Waals surface area (Å²) in [6, 6.07) is 0. The van der Waals surface area contributed by atoms with Crippen LogP contribution >= 0.6 is 0 Å². The van der Waals surface area contributed by atoms with Crippen molar-refractivity contribution >= 4 is 17.9 Å². The molecule has 2 atom stereocenters. The summed E-state index contributed by atoms with van der Waals surface area (Å²) in [4.78, 5) is 36.8. The molecule has 9 nitrogen and oxygen atoms in total. The van der Waals surface area contributed by atoms with Crippen LogP contribution in [-0.4, -0.2) is 82.3 Å². The number of hydrogen-bond acceptors (Lipinski definition) is 8. The van der Waals surface area contributed by atoms with Crippen molar-refractivity contribution < 1.29 is 42.9 Å². The summed E-state index contributed by atoms with van der Waals surface area (Å²) in [5.41, 5.74) is 0. The van der Waals surface area contributed by atoms with Crippen molar-refractivity contribution in [2.24, 2.45) is 0 Å². The molecule has 0 N–H and O–H groups in total. The first kappa shape index (κ1) is 51.5. The van der Waals surface area contributed by atoms with Crippen molar-refractivity contribution in [1.82, 2.24) is 0 Å². The van der Waals surface area contributed by atoms with Gasteiger partial charge in [0.1, 0.15) is 13.2 Å². The van der Waals surface area contributed by atoms with Crippen LogP contribution < -0.4 is 5.11 Å². The van der Waals surface area contributed by atoms with Crippen LogP contribution in [0.1, 0.15) is 174 Å². The maximum atomic E-state index is 12.7. The van der Waals surface area contributed by atoms with Gasteiger partial charge in [0.05, 0.1) is 40.3 Å². The summed E-state index contributed by atoms with van der Waals surface area (Å²) < 4.78 is 22.4. The van der Waals surface area contributed by atoms with Crippen molar-refractivity contribution in [1.29, 1.82) is 0 Å². The summed E-state index contributed by atoms with van der Waals surface area (Å²) in [5, 5.41) is 11.6. The molecule has 0 spiro atoms. The van der Waals surface area contributed by atoms with E-state index in [9.17, 15) is 19.5 Å². The van der Waals surface area contributed by atoms with Crippen molar-refractivity contribution in [3.8, 4) is 0 Å². The molecule has 0 aliphatic heterocycles. The van der Waals surface area contributed by atoms with Gasteiger partial charge in [-0.05, 0) is 51.4 Å². The molecule has 314 valence electrons. The Morgan fingerprint density at radius 1 is 0.556 bits per heavy atom. The lowest BCUT2D eigenvalue weighted by molar-refractivity contribution is -0.870. The van der Waals surface area contributed by atoms with E-state index in [4.69, 9.17) is 18.9 Å². The van der Waals surface area contributed by atoms with Crippen LogP contribution in [0.25, 0.3) is 0 Å². The largest absolute Gasteiger partial charge is 0.545 e. The predicted octanol–water partition coefficient (Wildman–Crippen LogP) is 9.72. The van der Waals surface area contributed by atoms with Crippen LogP contribution in [0.2, 0.25) is 0 Å². The average molecular weight is 764 g/mol. The van der Waals surface area contributed by atoms with Crippen LogP contribution in [0.3, 0.4) is 0 Å². The van der Waals surface area contributed by atoms with Crippen molar-refractivity contribution in [3.05, 3.63) is 36.5 Å². The normalized spacial score (nSPS) is 13.3. The summed E-state index contributed by atoms with van der Waals surface area (Å²) in [6.45, 7) is 4.67. The second-order valence-electron chi connectivity index (χ2n) is 15.6. The molecule has 0 amide bonds. The summed E-state index contributed by atoms with van der Waals surface area (Å²) in [7, 11) is 5.89. The third-order valence-electron chi connectivity index (χ3n) is 9.14. The van der Waals surface area contributed by atoms with Crippen molar-refractivity contribution in [3.63, 3.8) is 0 Å². The number of carboxylic acid groups (broad SMARTS) is 1. The van der Waals surface area contributed by atoms with Crippen LogP contribution in [-0.2, 0) is 33.3 Å². The number of nitrogens with zero attached hydrogens (tertiary/aromatic N) is 1. The number of unbranched alkanes of at least 4 members (excludes halogenated alkanes) is 18. The van der Waals surface area contributed by atoms with E-state index in [1.165, 1.54) is 70.6 Å². The van der Waals surface area contributed by atoms with Crippen molar-refractivity contribution in [2.75, 3.05) is 47.5 Å². The zero-order chi connectivity index (χ0) is 40.0. The van der Waals surface area contributed by atoms with E-state index in [0.717, 1.165) is 70.6 Å². The first-order valence-corrected chi connectivity index (χ1v) is 21.6. The molecule has 2 unspecified atom stereocenters. The van der Waals surface area contributed by atoms with Gasteiger partial charge in [-0.15, -0.1) is 0 Å². The Labute approximate surface area is 330 Å². The van der Waals surface area contributed by atoms with E-state index in [1.807, 2.05) is 21.1 Å². The fourth-order valence-electron chi connectivity index (χ4n) is 5.72. The van der Waals surface area contributed by atoms with Crippen molar-refractivity contribution in [2.45, 2.75) is 187 Å². The molecule has 0 fully saturated rings. The lowest BCUT2D eigenvalue weighted by atomic mass is 10.1. The van der Waals surface area contributed by atoms with Gasteiger partial charge in [0.15, 0.2) is 12.4 Å². The fraction of sp³-hybridized carbons (Fsp3) is 0.800. The Kier molecular flexibility index (Phi) is 35.7. The number of carbonyl (C=O) groups excluding carboxylic acids is 3. The molecule has 0 aliphatic rings. The third kappa shape index (κ3) is 37.8. The Morgan fingerprint density at radius 2 is 1.00 bits per heavy atom. The molecule has 9 heteroatoms. The number of quaternary nitrogens is 1. The van der Waals surface area contributed by atoms with Gasteiger partial charge in [-0.2, -0.15) is 0 Å². The number of carboxylic acids is 1. The highest BCUT2D eigenvalue weighted by Gasteiger charge is 2.21. The van der Waals surface area contributed by atoms with Crippen LogP contribution in [0, 0.1) is 0 Å². The van der Waals surface area contributed by atoms with E-state index in [1.54, 1.807) is 0 Å². The molecule has 0 aromatic carbocycles. The second-order valence-corrected chi connectivity index (χ2v) is 15.6. The van der Waals surface area contributed by atoms with Crippen LogP contribution in [0.5, 0.6) is 0 Å². The molecule has 0 saturated heterocycles. The molecule has 0 aromatic heterocycles. The van der Waals surface area contributed by atoms with Gasteiger partial charge in [0.25, 0.3) is 0 Å². The molecule has 0 radical (unpaired) electrons. The lowest BCUT2D eigenvalue weighted by Gasteiger charge is -2.26. The highest BCUT2D eigenvalue weighted by molar-refractivity contribution is 5.70. The Balaban J connectivity index is 4.39. The molecular formula is C45H81NO8. The smallest absolute Gasteiger partial charge is 0.306 e. The summed E-state index contributed by atoms with van der Waals surface area (Å²) >= 11 is 0. The average Bonchev–Trinajstić information content (AvgIpc) is 3.12. The number of hydrogen-bond donors (Lipinski definition) is 0. The van der Waals surface area contributed by atoms with Gasteiger partial charge in [-0.3, -0.25) is 9.59 Å². The topological polar surface area (TPSA) is 111 Å². The summed E-state index contributed by atoms with van der Waals surface area (Å²) in [6.07, 6.45) is 37.6. The van der Waals surface area contributed by atoms with E-state index < -0.39 is 24.3 Å². The van der Waals surface area contributed by atoms with Gasteiger partial charge < -0.3 is 33.3 Å². The number of rotatable bonds is 39. The minimum absolute atomic E-state index is 0.145. The maximum Gasteiger partial charge on any atom is 0.306 e. The number of aliphatic carboxylic acids is 1. The zero-order valence-electron chi connectivity index (χ0n) is 35.3. The van der Waals surface area contributed by atoms with Gasteiger partial charge in [0.2, 0.25) is 0 Å². The molecule has 0 aromatic rings. The Morgan fingerprint density at radius 3 is 1.48 bits per heavy atom. The molecular weight excluding hydrogens is 682 g/mol. The first-order valence-electron chi connectivity index (χ1n) is 21.6. The quantitative estimate of drug-likeness (QED) is 0.0200. The minimum atomic E-state index is -1.62. The number of likely N-dealkylation sites (N-methyl/N-ethyl adjacent to an activating group) is 1. The van der Waals surface area contributed by atoms with Gasteiger partial charge in [-0.1, -0.05) is 147 Å². The predicted molar refractivity (Wildman–Crippen MR) is 219 cm³/mol. The van der Waals surface area contributed by atoms with Gasteiger partial charge in [-0.25, -0.2) is 0 Å². The first-order chi connectivity index (χ1) is 26.1. The lowest BCUT2D eigenvalue weighted by Crippen LogP contribution is -2.44. The van der Waals surface area contributed by atoms with E-state index in [0.29, 0.717) is 17.4 Å². The maximum absolute atomic E-state index is 12.7. The molecule has 0 aliphatic carbocycles. The van der Waals surface area contributed by atoms with Gasteiger partial charge in [0, 0.05) is 12.8 Å². The highest BCUT2D eigenvalue weighted by atomic mass is 16.7. The van der Waals surface area contributed by atoms with E-state index in [2.05, 4.69) is 50.3 Å². The zero-order valence-corrected chi connectivity index (χ0v) is 35.3. The number of carbonyl (C=O) groups is 3. The van der Waals surface area contributed by atoms with E-state index >= 15 is 0 Å². The Bertz CT molecular complexity index is 987. The Hall–Kier alpha value is -2.49. The SMILES string of the molecule is CCCCCCC/C=C\C/C=C\C/C=C\CCCCCCCCC(=O)OC(COC(=O)CCCCCCCCCC)COC(OCC[N+](C)(C)C)C(=O)[O-]. The van der Waals surface area contributed by atoms with Gasteiger partial charge >= 0.3 is 11.9 Å². The van der Waals surface area contributed by atoms with E-state index in [-0.39, 0.29) is 38.6 Å². The minimum Gasteiger partial charge on any atom is -0.545 e. The monoisotopic (exact) mass is 764 g/mol. The molecule has 0 bridgehead atoms. The molecule has 54 heavy (non-hydrogen) atoms.